The molecule has 2 amide bonds. The fourth-order valence-corrected chi connectivity index (χ4v) is 5.57. The van der Waals surface area contributed by atoms with Crippen LogP contribution >= 0.6 is 0 Å². The van der Waals surface area contributed by atoms with Crippen LogP contribution in [0.3, 0.4) is 0 Å². The minimum Gasteiger partial charge on any atom is -0.497 e. The average Bonchev–Trinajstić information content (AvgIpc) is 2.91. The number of ether oxygens (including phenoxy) is 1. The van der Waals surface area contributed by atoms with E-state index in [9.17, 15) is 22.4 Å². The van der Waals surface area contributed by atoms with Crippen LogP contribution < -0.4 is 14.4 Å². The van der Waals surface area contributed by atoms with E-state index in [0.29, 0.717) is 12.2 Å². The number of carbonyl (C=O) groups is 2. The van der Waals surface area contributed by atoms with Crippen LogP contribution in [0.25, 0.3) is 0 Å². The third-order valence-electron chi connectivity index (χ3n) is 6.12. The summed E-state index contributed by atoms with van der Waals surface area (Å²) in [5, 5.41) is 2.94. The lowest BCUT2D eigenvalue weighted by Crippen LogP contribution is -2.55. The Bertz CT molecular complexity index is 1390. The van der Waals surface area contributed by atoms with Gasteiger partial charge in [0.15, 0.2) is 0 Å². The molecule has 10 heteroatoms. The molecule has 3 rings (SSSR count). The highest BCUT2D eigenvalue weighted by molar-refractivity contribution is 7.92. The van der Waals surface area contributed by atoms with Crippen LogP contribution in [0.4, 0.5) is 10.1 Å². The first kappa shape index (κ1) is 30.6. The molecule has 40 heavy (non-hydrogen) atoms. The second kappa shape index (κ2) is 13.0. The second-order valence-electron chi connectivity index (χ2n) is 10.3. The highest BCUT2D eigenvalue weighted by Crippen LogP contribution is 2.25. The van der Waals surface area contributed by atoms with Gasteiger partial charge < -0.3 is 15.0 Å². The van der Waals surface area contributed by atoms with E-state index in [-0.39, 0.29) is 23.0 Å². The van der Waals surface area contributed by atoms with Gasteiger partial charge in [0.25, 0.3) is 10.0 Å². The number of halogens is 1. The molecule has 1 N–H and O–H groups in total. The van der Waals surface area contributed by atoms with Gasteiger partial charge >= 0.3 is 0 Å². The van der Waals surface area contributed by atoms with Gasteiger partial charge in [-0.15, -0.1) is 0 Å². The molecule has 8 nitrogen and oxygen atoms in total. The molecule has 3 aromatic rings. The Morgan fingerprint density at radius 2 is 1.55 bits per heavy atom. The molecule has 0 aliphatic heterocycles. The van der Waals surface area contributed by atoms with Crippen molar-refractivity contribution < 1.29 is 27.1 Å². The zero-order valence-electron chi connectivity index (χ0n) is 23.4. The second-order valence-corrected chi connectivity index (χ2v) is 12.2. The number of hydrogen-bond donors (Lipinski definition) is 1. The summed E-state index contributed by atoms with van der Waals surface area (Å²) < 4.78 is 47.3. The van der Waals surface area contributed by atoms with Gasteiger partial charge in [0, 0.05) is 12.1 Å². The number of methoxy groups -OCH3 is 1. The lowest BCUT2D eigenvalue weighted by atomic mass is 10.1. The first-order valence-electron chi connectivity index (χ1n) is 12.9. The molecule has 0 fully saturated rings. The smallest absolute Gasteiger partial charge is 0.264 e. The van der Waals surface area contributed by atoms with Crippen molar-refractivity contribution in [1.29, 1.82) is 0 Å². The van der Waals surface area contributed by atoms with Gasteiger partial charge in [-0.3, -0.25) is 13.9 Å². The average molecular weight is 570 g/mol. The summed E-state index contributed by atoms with van der Waals surface area (Å²) in [6.45, 7) is 6.84. The third-order valence-corrected chi connectivity index (χ3v) is 7.91. The molecular weight excluding hydrogens is 533 g/mol. The molecule has 0 bridgehead atoms. The fraction of sp³-hybridized carbons (Fsp3) is 0.333. The van der Waals surface area contributed by atoms with Crippen LogP contribution in [-0.2, 0) is 26.2 Å². The van der Waals surface area contributed by atoms with Gasteiger partial charge in [0.2, 0.25) is 11.8 Å². The fourth-order valence-electron chi connectivity index (χ4n) is 4.16. The molecule has 0 unspecified atom stereocenters. The van der Waals surface area contributed by atoms with Crippen molar-refractivity contribution in [2.45, 2.75) is 57.1 Å². The number of carbonyl (C=O) groups excluding carboxylic acids is 2. The van der Waals surface area contributed by atoms with Crippen LogP contribution in [0.15, 0.2) is 83.8 Å². The normalized spacial score (nSPS) is 12.3. The first-order chi connectivity index (χ1) is 18.9. The summed E-state index contributed by atoms with van der Waals surface area (Å²) in [4.78, 5) is 28.6. The molecule has 0 saturated heterocycles. The van der Waals surface area contributed by atoms with Gasteiger partial charge in [0.05, 0.1) is 17.7 Å². The zero-order valence-corrected chi connectivity index (χ0v) is 24.2. The van der Waals surface area contributed by atoms with Crippen LogP contribution in [-0.4, -0.2) is 50.4 Å². The van der Waals surface area contributed by atoms with Crippen molar-refractivity contribution >= 4 is 27.5 Å². The highest BCUT2D eigenvalue weighted by Gasteiger charge is 2.34. The van der Waals surface area contributed by atoms with Crippen molar-refractivity contribution in [1.82, 2.24) is 10.2 Å². The van der Waals surface area contributed by atoms with Crippen molar-refractivity contribution in [3.63, 3.8) is 0 Å². The molecule has 0 aliphatic carbocycles. The van der Waals surface area contributed by atoms with E-state index in [1.165, 1.54) is 4.90 Å². The number of benzene rings is 3. The zero-order chi connectivity index (χ0) is 29.5. The van der Waals surface area contributed by atoms with Gasteiger partial charge in [0.1, 0.15) is 24.2 Å². The Balaban J connectivity index is 2.04. The summed E-state index contributed by atoms with van der Waals surface area (Å²) in [5.74, 6) is -0.854. The SMILES string of the molecule is CC[C@H](C(=O)NC(C)(C)C)N(Cc1ccc(OC)cc1)C(=O)CN(c1ccccc1)S(=O)(=O)c1ccc(F)cc1. The summed E-state index contributed by atoms with van der Waals surface area (Å²) >= 11 is 0. The van der Waals surface area contributed by atoms with Crippen LogP contribution in [0.2, 0.25) is 0 Å². The van der Waals surface area contributed by atoms with E-state index >= 15 is 0 Å². The van der Waals surface area contributed by atoms with Gasteiger partial charge in [-0.2, -0.15) is 0 Å². The van der Waals surface area contributed by atoms with E-state index in [1.807, 2.05) is 20.8 Å². The predicted molar refractivity (Wildman–Crippen MR) is 153 cm³/mol. The number of sulfonamides is 1. The van der Waals surface area contributed by atoms with Crippen molar-refractivity contribution in [3.05, 3.63) is 90.2 Å². The van der Waals surface area contributed by atoms with Crippen LogP contribution in [0.5, 0.6) is 5.75 Å². The Morgan fingerprint density at radius 1 is 0.950 bits per heavy atom. The molecule has 0 saturated carbocycles. The molecule has 214 valence electrons. The quantitative estimate of drug-likeness (QED) is 0.360. The summed E-state index contributed by atoms with van der Waals surface area (Å²) in [7, 11) is -2.71. The monoisotopic (exact) mass is 569 g/mol. The van der Waals surface area contributed by atoms with Crippen molar-refractivity contribution in [2.75, 3.05) is 18.0 Å². The number of rotatable bonds is 11. The lowest BCUT2D eigenvalue weighted by Gasteiger charge is -2.34. The van der Waals surface area contributed by atoms with E-state index in [2.05, 4.69) is 5.32 Å². The topological polar surface area (TPSA) is 96.0 Å². The van der Waals surface area contributed by atoms with Crippen molar-refractivity contribution in [3.8, 4) is 5.75 Å². The minimum atomic E-state index is -4.26. The molecular formula is C30H36FN3O5S. The minimum absolute atomic E-state index is 0.0676. The van der Waals surface area contributed by atoms with E-state index in [1.54, 1.807) is 68.6 Å². The van der Waals surface area contributed by atoms with Gasteiger partial charge in [-0.25, -0.2) is 12.8 Å². The Hall–Kier alpha value is -3.92. The first-order valence-corrected chi connectivity index (χ1v) is 14.4. The summed E-state index contributed by atoms with van der Waals surface area (Å²) in [6.07, 6.45) is 0.305. The number of hydrogen-bond acceptors (Lipinski definition) is 5. The molecule has 0 spiro atoms. The van der Waals surface area contributed by atoms with Gasteiger partial charge in [-0.1, -0.05) is 37.3 Å². The highest BCUT2D eigenvalue weighted by atomic mass is 32.2. The Kier molecular flexibility index (Phi) is 9.92. The molecule has 3 aromatic carbocycles. The molecule has 0 heterocycles. The number of nitrogens with zero attached hydrogens (tertiary/aromatic N) is 2. The number of nitrogens with one attached hydrogen (secondary N) is 1. The summed E-state index contributed by atoms with van der Waals surface area (Å²) in [6, 6.07) is 18.8. The third kappa shape index (κ3) is 7.81. The molecule has 0 aliphatic rings. The maximum atomic E-state index is 14.0. The molecule has 0 radical (unpaired) electrons. The maximum Gasteiger partial charge on any atom is 0.264 e. The van der Waals surface area contributed by atoms with Crippen LogP contribution in [0, 0.1) is 5.82 Å². The Labute approximate surface area is 235 Å². The van der Waals surface area contributed by atoms with Crippen LogP contribution in [0.1, 0.15) is 39.7 Å². The number of amides is 2. The summed E-state index contributed by atoms with van der Waals surface area (Å²) in [5.41, 5.74) is 0.460. The molecule has 0 aromatic heterocycles. The van der Waals surface area contributed by atoms with E-state index < -0.39 is 39.9 Å². The lowest BCUT2D eigenvalue weighted by molar-refractivity contribution is -0.141. The van der Waals surface area contributed by atoms with Gasteiger partial charge in [-0.05, 0) is 81.3 Å². The molecule has 1 atom stereocenters. The van der Waals surface area contributed by atoms with E-state index in [4.69, 9.17) is 4.74 Å². The van der Waals surface area contributed by atoms with Crippen molar-refractivity contribution in [2.24, 2.45) is 0 Å². The number of anilines is 1. The number of para-hydroxylation sites is 1. The van der Waals surface area contributed by atoms with E-state index in [0.717, 1.165) is 34.1 Å². The Morgan fingerprint density at radius 3 is 2.08 bits per heavy atom. The standard InChI is InChI=1S/C30H36FN3O5S/c1-6-27(29(36)32-30(2,3)4)33(20-22-12-16-25(39-5)17-13-22)28(35)21-34(24-10-8-7-9-11-24)40(37,38)26-18-14-23(31)15-19-26/h7-19,27H,6,20-21H2,1-5H3,(H,32,36)/t27-/m1/s1. The predicted octanol–water partition coefficient (Wildman–Crippen LogP) is 4.75. The largest absolute Gasteiger partial charge is 0.497 e. The maximum absolute atomic E-state index is 14.0.